The lowest BCUT2D eigenvalue weighted by molar-refractivity contribution is -0.135. The van der Waals surface area contributed by atoms with Crippen LogP contribution >= 0.6 is 0 Å². The number of hydrogen-bond donors (Lipinski definition) is 1. The molecule has 6 nitrogen and oxygen atoms in total. The maximum Gasteiger partial charge on any atom is 0.228 e. The van der Waals surface area contributed by atoms with E-state index >= 15 is 0 Å². The van der Waals surface area contributed by atoms with E-state index in [0.29, 0.717) is 19.6 Å². The van der Waals surface area contributed by atoms with Crippen LogP contribution in [0.4, 0.5) is 0 Å². The van der Waals surface area contributed by atoms with E-state index in [1.165, 1.54) is 0 Å². The lowest BCUT2D eigenvalue weighted by Crippen LogP contribution is -2.47. The molecule has 0 aromatic carbocycles. The van der Waals surface area contributed by atoms with Crippen LogP contribution < -0.4 is 0 Å². The van der Waals surface area contributed by atoms with Gasteiger partial charge < -0.3 is 19.5 Å². The average Bonchev–Trinajstić information content (AvgIpc) is 3.26. The fraction of sp³-hybridized carbons (Fsp3) is 0.700. The second-order valence-electron chi connectivity index (χ2n) is 7.50. The number of carbonyl (C=O) groups is 2. The highest BCUT2D eigenvalue weighted by Gasteiger charge is 2.52. The molecule has 0 saturated carbocycles. The molecular weight excluding hydrogens is 330 g/mol. The summed E-state index contributed by atoms with van der Waals surface area (Å²) in [7, 11) is 0. The Balaban J connectivity index is 1.58. The van der Waals surface area contributed by atoms with Gasteiger partial charge >= 0.3 is 0 Å². The van der Waals surface area contributed by atoms with Crippen LogP contribution in [0.1, 0.15) is 38.8 Å². The summed E-state index contributed by atoms with van der Waals surface area (Å²) in [5.41, 5.74) is 1.07. The van der Waals surface area contributed by atoms with Gasteiger partial charge in [-0.25, -0.2) is 0 Å². The number of amides is 2. The molecular formula is C20H31N3O3. The number of aryl methyl sites for hydroxylation is 1. The van der Waals surface area contributed by atoms with E-state index in [4.69, 9.17) is 4.74 Å². The number of aromatic amines is 1. The molecule has 0 bridgehead atoms. The Morgan fingerprint density at radius 1 is 1.35 bits per heavy atom. The second-order valence-corrected chi connectivity index (χ2v) is 7.50. The molecule has 0 aliphatic carbocycles. The zero-order valence-electron chi connectivity index (χ0n) is 16.0. The molecule has 3 rings (SSSR count). The standard InChI is InChI=1S/C20H31N3O3/c1-3-22-15-20(17(19(22)25)14-26-4-2)9-12-23(13-10-20)18(24)8-7-16-6-5-11-21-16/h5-6,11,17,21H,3-4,7-10,12-15H2,1-2H3. The number of rotatable bonds is 7. The third-order valence-corrected chi connectivity index (χ3v) is 6.11. The van der Waals surface area contributed by atoms with Gasteiger partial charge in [-0.3, -0.25) is 9.59 Å². The molecule has 1 atom stereocenters. The first kappa shape index (κ1) is 19.0. The average molecular weight is 361 g/mol. The van der Waals surface area contributed by atoms with Crippen molar-refractivity contribution in [3.05, 3.63) is 24.0 Å². The van der Waals surface area contributed by atoms with Gasteiger partial charge in [0.05, 0.1) is 12.5 Å². The molecule has 1 spiro atoms. The molecule has 0 radical (unpaired) electrons. The smallest absolute Gasteiger partial charge is 0.228 e. The first-order chi connectivity index (χ1) is 12.6. The van der Waals surface area contributed by atoms with Gasteiger partial charge in [-0.1, -0.05) is 0 Å². The topological polar surface area (TPSA) is 65.6 Å². The van der Waals surface area contributed by atoms with E-state index in [1.807, 2.05) is 42.0 Å². The summed E-state index contributed by atoms with van der Waals surface area (Å²) in [4.78, 5) is 32.4. The van der Waals surface area contributed by atoms with Crippen molar-refractivity contribution in [2.45, 2.75) is 39.5 Å². The Bertz CT molecular complexity index is 606. The number of ether oxygens (including phenoxy) is 1. The van der Waals surface area contributed by atoms with E-state index in [9.17, 15) is 9.59 Å². The van der Waals surface area contributed by atoms with Crippen LogP contribution in [0, 0.1) is 11.3 Å². The third-order valence-electron chi connectivity index (χ3n) is 6.11. The predicted octanol–water partition coefficient (Wildman–Crippen LogP) is 2.07. The van der Waals surface area contributed by atoms with Crippen molar-refractivity contribution in [1.29, 1.82) is 0 Å². The van der Waals surface area contributed by atoms with Crippen molar-refractivity contribution in [2.75, 3.05) is 39.4 Å². The highest BCUT2D eigenvalue weighted by molar-refractivity contribution is 5.82. The predicted molar refractivity (Wildman–Crippen MR) is 99.6 cm³/mol. The summed E-state index contributed by atoms with van der Waals surface area (Å²) < 4.78 is 5.63. The van der Waals surface area contributed by atoms with Crippen molar-refractivity contribution in [1.82, 2.24) is 14.8 Å². The van der Waals surface area contributed by atoms with Gasteiger partial charge in [0.25, 0.3) is 0 Å². The number of likely N-dealkylation sites (tertiary alicyclic amines) is 2. The summed E-state index contributed by atoms with van der Waals surface area (Å²) in [6.45, 7) is 8.20. The Kier molecular flexibility index (Phi) is 6.01. The zero-order chi connectivity index (χ0) is 18.6. The number of carbonyl (C=O) groups excluding carboxylic acids is 2. The normalized spacial score (nSPS) is 22.4. The molecule has 144 valence electrons. The highest BCUT2D eigenvalue weighted by Crippen LogP contribution is 2.45. The SMILES string of the molecule is CCOCC1C(=O)N(CC)CC12CCN(C(=O)CCc1ccc[nH]1)CC2. The summed E-state index contributed by atoms with van der Waals surface area (Å²) in [5, 5.41) is 0. The van der Waals surface area contributed by atoms with Crippen molar-refractivity contribution < 1.29 is 14.3 Å². The van der Waals surface area contributed by atoms with Crippen LogP contribution in [0.5, 0.6) is 0 Å². The Labute approximate surface area is 155 Å². The van der Waals surface area contributed by atoms with E-state index in [1.54, 1.807) is 0 Å². The molecule has 1 aromatic rings. The van der Waals surface area contributed by atoms with Crippen molar-refractivity contribution >= 4 is 11.8 Å². The second kappa shape index (κ2) is 8.25. The molecule has 6 heteroatoms. The first-order valence-corrected chi connectivity index (χ1v) is 9.86. The summed E-state index contributed by atoms with van der Waals surface area (Å²) in [5.74, 6) is 0.388. The van der Waals surface area contributed by atoms with Gasteiger partial charge in [0.1, 0.15) is 0 Å². The van der Waals surface area contributed by atoms with Crippen LogP contribution in [0.15, 0.2) is 18.3 Å². The Morgan fingerprint density at radius 2 is 2.12 bits per heavy atom. The minimum Gasteiger partial charge on any atom is -0.381 e. The molecule has 2 saturated heterocycles. The highest BCUT2D eigenvalue weighted by atomic mass is 16.5. The van der Waals surface area contributed by atoms with Gasteiger partial charge in [-0.05, 0) is 45.2 Å². The van der Waals surface area contributed by atoms with Gasteiger partial charge in [0, 0.05) is 56.5 Å². The molecule has 2 fully saturated rings. The fourth-order valence-electron chi connectivity index (χ4n) is 4.43. The van der Waals surface area contributed by atoms with Crippen LogP contribution in [0.2, 0.25) is 0 Å². The Morgan fingerprint density at radius 3 is 2.73 bits per heavy atom. The maximum atomic E-state index is 12.7. The van der Waals surface area contributed by atoms with E-state index in [2.05, 4.69) is 4.98 Å². The zero-order valence-corrected chi connectivity index (χ0v) is 16.0. The summed E-state index contributed by atoms with van der Waals surface area (Å²) in [6.07, 6.45) is 4.96. The maximum absolute atomic E-state index is 12.7. The number of H-pyrrole nitrogens is 1. The number of piperidine rings is 1. The van der Waals surface area contributed by atoms with Crippen molar-refractivity contribution in [2.24, 2.45) is 11.3 Å². The lowest BCUT2D eigenvalue weighted by Gasteiger charge is -2.41. The minimum absolute atomic E-state index is 0.0293. The van der Waals surface area contributed by atoms with Crippen molar-refractivity contribution in [3.8, 4) is 0 Å². The molecule has 2 aliphatic heterocycles. The van der Waals surface area contributed by atoms with Crippen LogP contribution in [-0.4, -0.2) is 66.0 Å². The number of aromatic nitrogens is 1. The molecule has 1 aromatic heterocycles. The van der Waals surface area contributed by atoms with E-state index in [-0.39, 0.29) is 23.1 Å². The molecule has 26 heavy (non-hydrogen) atoms. The van der Waals surface area contributed by atoms with E-state index in [0.717, 1.165) is 51.1 Å². The van der Waals surface area contributed by atoms with Crippen LogP contribution in [0.3, 0.4) is 0 Å². The van der Waals surface area contributed by atoms with E-state index < -0.39 is 0 Å². The molecule has 1 N–H and O–H groups in total. The molecule has 2 amide bonds. The minimum atomic E-state index is -0.0569. The van der Waals surface area contributed by atoms with Crippen LogP contribution in [-0.2, 0) is 20.7 Å². The summed E-state index contributed by atoms with van der Waals surface area (Å²) in [6, 6.07) is 3.97. The number of nitrogens with zero attached hydrogens (tertiary/aromatic N) is 2. The Hall–Kier alpha value is -1.82. The molecule has 2 aliphatic rings. The first-order valence-electron chi connectivity index (χ1n) is 9.86. The fourth-order valence-corrected chi connectivity index (χ4v) is 4.43. The van der Waals surface area contributed by atoms with Gasteiger partial charge in [-0.15, -0.1) is 0 Å². The molecule has 1 unspecified atom stereocenters. The van der Waals surface area contributed by atoms with Crippen molar-refractivity contribution in [3.63, 3.8) is 0 Å². The quantitative estimate of drug-likeness (QED) is 0.809. The number of nitrogens with one attached hydrogen (secondary N) is 1. The van der Waals surface area contributed by atoms with Gasteiger partial charge in [0.2, 0.25) is 11.8 Å². The third kappa shape index (κ3) is 3.80. The van der Waals surface area contributed by atoms with Gasteiger partial charge in [0.15, 0.2) is 0 Å². The summed E-state index contributed by atoms with van der Waals surface area (Å²) >= 11 is 0. The number of hydrogen-bond acceptors (Lipinski definition) is 3. The van der Waals surface area contributed by atoms with Crippen LogP contribution in [0.25, 0.3) is 0 Å². The monoisotopic (exact) mass is 361 g/mol. The largest absolute Gasteiger partial charge is 0.381 e. The van der Waals surface area contributed by atoms with Gasteiger partial charge in [-0.2, -0.15) is 0 Å². The lowest BCUT2D eigenvalue weighted by atomic mass is 9.71. The molecule has 3 heterocycles.